The van der Waals surface area contributed by atoms with Gasteiger partial charge in [0.1, 0.15) is 11.5 Å². The predicted molar refractivity (Wildman–Crippen MR) is 121 cm³/mol. The van der Waals surface area contributed by atoms with Gasteiger partial charge in [-0.25, -0.2) is 0 Å². The predicted octanol–water partition coefficient (Wildman–Crippen LogP) is 5.80. The van der Waals surface area contributed by atoms with Crippen LogP contribution in [0.2, 0.25) is 0 Å². The van der Waals surface area contributed by atoms with Crippen LogP contribution in [0.3, 0.4) is 0 Å². The minimum Gasteiger partial charge on any atom is -0.497 e. The molecule has 0 aliphatic carbocycles. The molecule has 6 heteroatoms. The number of benzene rings is 3. The molecule has 0 N–H and O–H groups in total. The maximum atomic E-state index is 5.58. The minimum atomic E-state index is 0.220. The van der Waals surface area contributed by atoms with Crippen LogP contribution in [-0.2, 0) is 0 Å². The summed E-state index contributed by atoms with van der Waals surface area (Å²) in [5.41, 5.74) is 3.10. The van der Waals surface area contributed by atoms with Crippen LogP contribution in [0.15, 0.2) is 84.0 Å². The highest BCUT2D eigenvalue weighted by atomic mass is 32.2. The molecule has 152 valence electrons. The van der Waals surface area contributed by atoms with Crippen molar-refractivity contribution in [2.24, 2.45) is 0 Å². The Bertz CT molecular complexity index is 1110. The van der Waals surface area contributed by atoms with E-state index in [9.17, 15) is 0 Å². The quantitative estimate of drug-likeness (QED) is 0.355. The van der Waals surface area contributed by atoms with Crippen molar-refractivity contribution in [1.82, 2.24) is 14.8 Å². The van der Waals surface area contributed by atoms with Gasteiger partial charge < -0.3 is 9.47 Å². The Kier molecular flexibility index (Phi) is 6.05. The number of thioether (sulfide) groups is 1. The number of rotatable bonds is 7. The summed E-state index contributed by atoms with van der Waals surface area (Å²) >= 11 is 1.67. The summed E-state index contributed by atoms with van der Waals surface area (Å²) in [5, 5.41) is 10.1. The maximum Gasteiger partial charge on any atom is 0.196 e. The van der Waals surface area contributed by atoms with E-state index in [1.165, 1.54) is 5.56 Å². The molecule has 5 nitrogen and oxygen atoms in total. The number of para-hydroxylation sites is 1. The first kappa shape index (κ1) is 20.0. The van der Waals surface area contributed by atoms with Gasteiger partial charge in [-0.3, -0.25) is 4.57 Å². The third-order valence-electron chi connectivity index (χ3n) is 4.86. The Morgan fingerprint density at radius 1 is 0.800 bits per heavy atom. The van der Waals surface area contributed by atoms with Crippen molar-refractivity contribution in [1.29, 1.82) is 0 Å². The fraction of sp³-hybridized carbons (Fsp3) is 0.167. The van der Waals surface area contributed by atoms with Gasteiger partial charge in [0.25, 0.3) is 0 Å². The zero-order valence-electron chi connectivity index (χ0n) is 17.1. The van der Waals surface area contributed by atoms with Crippen molar-refractivity contribution in [3.8, 4) is 28.6 Å². The first-order valence-corrected chi connectivity index (χ1v) is 10.5. The number of ether oxygens (including phenoxy) is 2. The maximum absolute atomic E-state index is 5.58. The molecule has 1 heterocycles. The molecule has 4 rings (SSSR count). The van der Waals surface area contributed by atoms with Crippen LogP contribution in [0, 0.1) is 0 Å². The van der Waals surface area contributed by atoms with E-state index in [0.29, 0.717) is 0 Å². The lowest BCUT2D eigenvalue weighted by Gasteiger charge is -2.15. The third-order valence-corrected chi connectivity index (χ3v) is 5.96. The molecule has 0 fully saturated rings. The third kappa shape index (κ3) is 4.04. The van der Waals surface area contributed by atoms with E-state index in [2.05, 4.69) is 46.0 Å². The summed E-state index contributed by atoms with van der Waals surface area (Å²) in [6.45, 7) is 2.18. The SMILES string of the molecule is COc1ccc(-n2c(SC(C)c3ccccc3)nnc2-c2ccccc2OC)cc1. The molecule has 1 aromatic heterocycles. The lowest BCUT2D eigenvalue weighted by molar-refractivity contribution is 0.414. The fourth-order valence-corrected chi connectivity index (χ4v) is 4.26. The van der Waals surface area contributed by atoms with Crippen molar-refractivity contribution in [2.45, 2.75) is 17.3 Å². The standard InChI is InChI=1S/C24H23N3O2S/c1-17(18-9-5-4-6-10-18)30-24-26-25-23(21-11-7-8-12-22(21)29-3)27(24)19-13-15-20(28-2)16-14-19/h4-17H,1-3H3. The van der Waals surface area contributed by atoms with Gasteiger partial charge in [-0.15, -0.1) is 10.2 Å². The average molecular weight is 418 g/mol. The summed E-state index contributed by atoms with van der Waals surface area (Å²) in [4.78, 5) is 0. The van der Waals surface area contributed by atoms with Crippen LogP contribution in [0.4, 0.5) is 0 Å². The van der Waals surface area contributed by atoms with E-state index in [-0.39, 0.29) is 5.25 Å². The van der Waals surface area contributed by atoms with Crippen molar-refractivity contribution >= 4 is 11.8 Å². The molecular formula is C24H23N3O2S. The number of aromatic nitrogens is 3. The molecule has 1 atom stereocenters. The molecule has 0 spiro atoms. The first-order valence-electron chi connectivity index (χ1n) is 9.66. The van der Waals surface area contributed by atoms with E-state index in [0.717, 1.165) is 33.7 Å². The molecule has 0 saturated heterocycles. The van der Waals surface area contributed by atoms with E-state index < -0.39 is 0 Å². The largest absolute Gasteiger partial charge is 0.497 e. The van der Waals surface area contributed by atoms with Gasteiger partial charge in [0.05, 0.1) is 25.5 Å². The molecule has 0 amide bonds. The molecule has 0 aliphatic rings. The van der Waals surface area contributed by atoms with Crippen molar-refractivity contribution in [2.75, 3.05) is 14.2 Å². The molecule has 3 aromatic carbocycles. The number of hydrogen-bond acceptors (Lipinski definition) is 5. The summed E-state index contributed by atoms with van der Waals surface area (Å²) in [6, 6.07) is 26.2. The topological polar surface area (TPSA) is 49.2 Å². The van der Waals surface area contributed by atoms with E-state index in [1.807, 2.05) is 54.6 Å². The number of nitrogens with zero attached hydrogens (tertiary/aromatic N) is 3. The lowest BCUT2D eigenvalue weighted by atomic mass is 10.2. The Morgan fingerprint density at radius 2 is 1.50 bits per heavy atom. The van der Waals surface area contributed by atoms with Gasteiger partial charge in [0, 0.05) is 5.25 Å². The minimum absolute atomic E-state index is 0.220. The normalized spacial score (nSPS) is 11.8. The molecule has 0 radical (unpaired) electrons. The first-order chi connectivity index (χ1) is 14.7. The van der Waals surface area contributed by atoms with Crippen LogP contribution >= 0.6 is 11.8 Å². The summed E-state index contributed by atoms with van der Waals surface area (Å²) < 4.78 is 13.0. The molecule has 4 aromatic rings. The Morgan fingerprint density at radius 3 is 2.20 bits per heavy atom. The van der Waals surface area contributed by atoms with E-state index >= 15 is 0 Å². The zero-order chi connectivity index (χ0) is 20.9. The van der Waals surface area contributed by atoms with Crippen molar-refractivity contribution in [3.63, 3.8) is 0 Å². The lowest BCUT2D eigenvalue weighted by Crippen LogP contribution is -2.02. The molecule has 0 saturated carbocycles. The van der Waals surface area contributed by atoms with Crippen molar-refractivity contribution in [3.05, 3.63) is 84.4 Å². The van der Waals surface area contributed by atoms with Gasteiger partial charge in [-0.1, -0.05) is 54.2 Å². The number of hydrogen-bond donors (Lipinski definition) is 0. The summed E-state index contributed by atoms with van der Waals surface area (Å²) in [6.07, 6.45) is 0. The van der Waals surface area contributed by atoms with Crippen molar-refractivity contribution < 1.29 is 9.47 Å². The van der Waals surface area contributed by atoms with Gasteiger partial charge in [0.15, 0.2) is 11.0 Å². The van der Waals surface area contributed by atoms with Gasteiger partial charge in [0.2, 0.25) is 0 Å². The highest BCUT2D eigenvalue weighted by molar-refractivity contribution is 7.99. The Hall–Kier alpha value is -3.25. The van der Waals surface area contributed by atoms with E-state index in [1.54, 1.807) is 26.0 Å². The number of methoxy groups -OCH3 is 2. The monoisotopic (exact) mass is 417 g/mol. The van der Waals surface area contributed by atoms with Crippen LogP contribution in [0.5, 0.6) is 11.5 Å². The summed E-state index contributed by atoms with van der Waals surface area (Å²) in [7, 11) is 3.33. The summed E-state index contributed by atoms with van der Waals surface area (Å²) in [5.74, 6) is 2.30. The molecule has 30 heavy (non-hydrogen) atoms. The second-order valence-electron chi connectivity index (χ2n) is 6.71. The molecule has 0 bridgehead atoms. The van der Waals surface area contributed by atoms with E-state index in [4.69, 9.17) is 9.47 Å². The smallest absolute Gasteiger partial charge is 0.196 e. The van der Waals surface area contributed by atoms with Crippen LogP contribution in [0.25, 0.3) is 17.1 Å². The Labute approximate surface area is 180 Å². The van der Waals surface area contributed by atoms with Crippen LogP contribution in [0.1, 0.15) is 17.7 Å². The second-order valence-corrected chi connectivity index (χ2v) is 8.02. The van der Waals surface area contributed by atoms with Gasteiger partial charge >= 0.3 is 0 Å². The average Bonchev–Trinajstić information content (AvgIpc) is 3.22. The molecule has 0 aliphatic heterocycles. The molecule has 1 unspecified atom stereocenters. The van der Waals surface area contributed by atoms with Gasteiger partial charge in [-0.2, -0.15) is 0 Å². The zero-order valence-corrected chi connectivity index (χ0v) is 18.0. The van der Waals surface area contributed by atoms with Crippen LogP contribution < -0.4 is 9.47 Å². The second kappa shape index (κ2) is 9.05. The fourth-order valence-electron chi connectivity index (χ4n) is 3.26. The highest BCUT2D eigenvalue weighted by Crippen LogP contribution is 2.38. The van der Waals surface area contributed by atoms with Crippen LogP contribution in [-0.4, -0.2) is 29.0 Å². The molecular weight excluding hydrogens is 394 g/mol. The highest BCUT2D eigenvalue weighted by Gasteiger charge is 2.21. The Balaban J connectivity index is 1.81. The van der Waals surface area contributed by atoms with Gasteiger partial charge in [-0.05, 0) is 48.9 Å².